The Kier molecular flexibility index (Phi) is 3.78. The third-order valence-electron chi connectivity index (χ3n) is 5.63. The van der Waals surface area contributed by atoms with Gasteiger partial charge in [-0.1, -0.05) is 6.08 Å². The van der Waals surface area contributed by atoms with Crippen LogP contribution in [-0.2, 0) is 19.1 Å². The van der Waals surface area contributed by atoms with Gasteiger partial charge in [0.25, 0.3) is 0 Å². The summed E-state index contributed by atoms with van der Waals surface area (Å²) in [5.74, 6) is -2.65. The molecule has 23 heavy (non-hydrogen) atoms. The minimum atomic E-state index is -2.22. The molecular formula is C16H23NO6. The molecule has 3 heterocycles. The third kappa shape index (κ3) is 2.38. The van der Waals surface area contributed by atoms with Crippen LogP contribution in [-0.4, -0.2) is 70.1 Å². The SMILES string of the molecule is C[C@H]1C(=O)O[C@H]2CCN3CC=C(COC(=O)[C@@](C)(O)[C@@]1(C)O)[C@H]23. The van der Waals surface area contributed by atoms with Crippen molar-refractivity contribution < 1.29 is 29.3 Å². The Labute approximate surface area is 134 Å². The van der Waals surface area contributed by atoms with Crippen LogP contribution in [0.1, 0.15) is 27.2 Å². The van der Waals surface area contributed by atoms with Gasteiger partial charge < -0.3 is 19.7 Å². The fraction of sp³-hybridized carbons (Fsp3) is 0.750. The van der Waals surface area contributed by atoms with Crippen LogP contribution < -0.4 is 0 Å². The number of carbonyl (C=O) groups is 2. The van der Waals surface area contributed by atoms with E-state index in [9.17, 15) is 19.8 Å². The van der Waals surface area contributed by atoms with Crippen molar-refractivity contribution in [2.45, 2.75) is 50.5 Å². The molecule has 2 N–H and O–H groups in total. The maximum Gasteiger partial charge on any atom is 0.341 e. The molecule has 0 saturated carbocycles. The maximum atomic E-state index is 12.4. The normalized spacial score (nSPS) is 44.9. The smallest absolute Gasteiger partial charge is 0.341 e. The summed E-state index contributed by atoms with van der Waals surface area (Å²) in [6.45, 7) is 5.41. The summed E-state index contributed by atoms with van der Waals surface area (Å²) in [6, 6.07) is -0.0908. The minimum Gasteiger partial charge on any atom is -0.460 e. The van der Waals surface area contributed by atoms with Crippen molar-refractivity contribution in [3.05, 3.63) is 11.6 Å². The summed E-state index contributed by atoms with van der Waals surface area (Å²) < 4.78 is 10.8. The lowest BCUT2D eigenvalue weighted by Gasteiger charge is -2.39. The third-order valence-corrected chi connectivity index (χ3v) is 5.63. The second kappa shape index (κ2) is 5.29. The average molecular weight is 325 g/mol. The number of hydrogen-bond donors (Lipinski definition) is 2. The highest BCUT2D eigenvalue weighted by atomic mass is 16.6. The number of aliphatic hydroxyl groups is 2. The Morgan fingerprint density at radius 1 is 1.30 bits per heavy atom. The molecule has 0 aliphatic carbocycles. The van der Waals surface area contributed by atoms with Crippen molar-refractivity contribution in [2.24, 2.45) is 5.92 Å². The predicted molar refractivity (Wildman–Crippen MR) is 79.3 cm³/mol. The number of hydrogen-bond acceptors (Lipinski definition) is 7. The van der Waals surface area contributed by atoms with Gasteiger partial charge in [0.1, 0.15) is 18.3 Å². The fourth-order valence-electron chi connectivity index (χ4n) is 3.52. The molecule has 7 heteroatoms. The van der Waals surface area contributed by atoms with Gasteiger partial charge in [-0.3, -0.25) is 9.69 Å². The Bertz CT molecular complexity index is 567. The van der Waals surface area contributed by atoms with Gasteiger partial charge in [0.2, 0.25) is 0 Å². The highest BCUT2D eigenvalue weighted by Crippen LogP contribution is 2.36. The van der Waals surface area contributed by atoms with E-state index in [1.165, 1.54) is 13.8 Å². The summed E-state index contributed by atoms with van der Waals surface area (Å²) >= 11 is 0. The van der Waals surface area contributed by atoms with Crippen molar-refractivity contribution in [1.82, 2.24) is 4.90 Å². The summed E-state index contributed by atoms with van der Waals surface area (Å²) in [7, 11) is 0. The minimum absolute atomic E-state index is 0.0225. The first kappa shape index (κ1) is 16.4. The molecule has 2 fully saturated rings. The van der Waals surface area contributed by atoms with E-state index in [1.54, 1.807) is 0 Å². The van der Waals surface area contributed by atoms with Crippen LogP contribution >= 0.6 is 0 Å². The zero-order valence-corrected chi connectivity index (χ0v) is 13.6. The molecular weight excluding hydrogens is 302 g/mol. The van der Waals surface area contributed by atoms with E-state index >= 15 is 0 Å². The van der Waals surface area contributed by atoms with Gasteiger partial charge in [-0.25, -0.2) is 4.79 Å². The first-order valence-corrected chi connectivity index (χ1v) is 7.91. The summed E-state index contributed by atoms with van der Waals surface area (Å²) in [5, 5.41) is 21.1. The zero-order chi connectivity index (χ0) is 17.0. The standard InChI is InChI=1S/C16H23NO6/c1-9-13(18)23-11-5-7-17-6-4-10(12(11)17)8-22-14(19)16(3,21)15(9,2)20/h4,9,11-12,20-21H,5-8H2,1-3H3/t9-,11-,12+,15-,16+/m0/s1. The van der Waals surface area contributed by atoms with Crippen molar-refractivity contribution in [1.29, 1.82) is 0 Å². The van der Waals surface area contributed by atoms with Crippen LogP contribution in [0.4, 0.5) is 0 Å². The fourth-order valence-corrected chi connectivity index (χ4v) is 3.52. The molecule has 3 aliphatic rings. The van der Waals surface area contributed by atoms with Crippen molar-refractivity contribution >= 4 is 11.9 Å². The number of cyclic esters (lactones) is 1. The lowest BCUT2D eigenvalue weighted by atomic mass is 9.76. The largest absolute Gasteiger partial charge is 0.460 e. The molecule has 0 unspecified atom stereocenters. The van der Waals surface area contributed by atoms with Gasteiger partial charge >= 0.3 is 11.9 Å². The van der Waals surface area contributed by atoms with E-state index in [2.05, 4.69) is 4.90 Å². The molecule has 0 radical (unpaired) electrons. The molecule has 0 spiro atoms. The van der Waals surface area contributed by atoms with Gasteiger partial charge in [-0.2, -0.15) is 0 Å². The van der Waals surface area contributed by atoms with E-state index in [0.29, 0.717) is 6.42 Å². The molecule has 5 atom stereocenters. The van der Waals surface area contributed by atoms with Crippen LogP contribution in [0.5, 0.6) is 0 Å². The summed E-state index contributed by atoms with van der Waals surface area (Å²) in [5.41, 5.74) is -3.35. The zero-order valence-electron chi connectivity index (χ0n) is 13.6. The second-order valence-corrected chi connectivity index (χ2v) is 7.00. The number of ether oxygens (including phenoxy) is 2. The number of esters is 2. The Morgan fingerprint density at radius 3 is 2.70 bits per heavy atom. The van der Waals surface area contributed by atoms with Gasteiger partial charge in [0.15, 0.2) is 5.60 Å². The molecule has 0 amide bonds. The molecule has 128 valence electrons. The van der Waals surface area contributed by atoms with E-state index in [-0.39, 0.29) is 18.8 Å². The molecule has 3 aliphatic heterocycles. The Balaban J connectivity index is 1.97. The lowest BCUT2D eigenvalue weighted by molar-refractivity contribution is -0.205. The first-order chi connectivity index (χ1) is 10.7. The predicted octanol–water partition coefficient (Wildman–Crippen LogP) is -0.393. The number of carbonyl (C=O) groups excluding carboxylic acids is 2. The molecule has 0 aromatic carbocycles. The Morgan fingerprint density at radius 2 is 2.00 bits per heavy atom. The van der Waals surface area contributed by atoms with Gasteiger partial charge in [0, 0.05) is 13.1 Å². The summed E-state index contributed by atoms with van der Waals surface area (Å²) in [4.78, 5) is 26.9. The van der Waals surface area contributed by atoms with Crippen LogP contribution in [0.3, 0.4) is 0 Å². The van der Waals surface area contributed by atoms with E-state index in [1.807, 2.05) is 6.08 Å². The quantitative estimate of drug-likeness (QED) is 0.462. The number of rotatable bonds is 0. The first-order valence-electron chi connectivity index (χ1n) is 7.91. The molecule has 3 rings (SSSR count). The average Bonchev–Trinajstić information content (AvgIpc) is 3.06. The van der Waals surface area contributed by atoms with Crippen molar-refractivity contribution in [2.75, 3.05) is 19.7 Å². The van der Waals surface area contributed by atoms with Crippen LogP contribution in [0.15, 0.2) is 11.6 Å². The highest BCUT2D eigenvalue weighted by Gasteiger charge is 2.56. The van der Waals surface area contributed by atoms with Gasteiger partial charge in [-0.05, 0) is 32.8 Å². The summed E-state index contributed by atoms with van der Waals surface area (Å²) in [6.07, 6.45) is 2.34. The van der Waals surface area contributed by atoms with E-state index in [4.69, 9.17) is 9.47 Å². The molecule has 0 aromatic rings. The lowest BCUT2D eigenvalue weighted by Crippen LogP contribution is -2.61. The molecule has 0 aromatic heterocycles. The van der Waals surface area contributed by atoms with Gasteiger partial charge in [-0.15, -0.1) is 0 Å². The topological polar surface area (TPSA) is 96.3 Å². The monoisotopic (exact) mass is 325 g/mol. The highest BCUT2D eigenvalue weighted by molar-refractivity contribution is 5.83. The molecule has 2 saturated heterocycles. The van der Waals surface area contributed by atoms with Crippen LogP contribution in [0.2, 0.25) is 0 Å². The Hall–Kier alpha value is -1.44. The van der Waals surface area contributed by atoms with Crippen LogP contribution in [0.25, 0.3) is 0 Å². The van der Waals surface area contributed by atoms with Crippen molar-refractivity contribution in [3.63, 3.8) is 0 Å². The van der Waals surface area contributed by atoms with Crippen LogP contribution in [0, 0.1) is 5.92 Å². The molecule has 0 bridgehead atoms. The number of nitrogens with zero attached hydrogens (tertiary/aromatic N) is 1. The second-order valence-electron chi connectivity index (χ2n) is 7.00. The maximum absolute atomic E-state index is 12.4. The van der Waals surface area contributed by atoms with E-state index < -0.39 is 29.1 Å². The molecule has 7 nitrogen and oxygen atoms in total. The van der Waals surface area contributed by atoms with E-state index in [0.717, 1.165) is 25.6 Å². The van der Waals surface area contributed by atoms with Crippen molar-refractivity contribution in [3.8, 4) is 0 Å². The van der Waals surface area contributed by atoms with Gasteiger partial charge in [0.05, 0.1) is 12.0 Å².